The summed E-state index contributed by atoms with van der Waals surface area (Å²) in [6, 6.07) is 56.3. The molecule has 2 nitrogen and oxygen atoms in total. The van der Waals surface area contributed by atoms with Crippen LogP contribution in [0.1, 0.15) is 16.7 Å². The number of fused-ring (bicyclic) bond motifs is 9. The Morgan fingerprint density at radius 3 is 1.61 bits per heavy atom. The average Bonchev–Trinajstić information content (AvgIpc) is 3.46. The Kier molecular flexibility index (Phi) is 5.95. The lowest BCUT2D eigenvalue weighted by molar-refractivity contribution is 1.19. The van der Waals surface area contributed by atoms with Gasteiger partial charge in [0.25, 0.3) is 0 Å². The van der Waals surface area contributed by atoms with Crippen LogP contribution in [0.3, 0.4) is 0 Å². The molecule has 0 saturated carbocycles. The van der Waals surface area contributed by atoms with E-state index in [9.17, 15) is 0 Å². The topological polar surface area (TPSA) is 8.17 Å². The van der Waals surface area contributed by atoms with Crippen molar-refractivity contribution in [3.8, 4) is 27.9 Å². The minimum absolute atomic E-state index is 1.17. The van der Waals surface area contributed by atoms with Crippen molar-refractivity contribution in [2.75, 3.05) is 4.90 Å². The van der Waals surface area contributed by atoms with Gasteiger partial charge >= 0.3 is 0 Å². The zero-order valence-electron chi connectivity index (χ0n) is 27.8. The van der Waals surface area contributed by atoms with Crippen LogP contribution in [0.2, 0.25) is 0 Å². The van der Waals surface area contributed by atoms with Crippen molar-refractivity contribution >= 4 is 60.4 Å². The van der Waals surface area contributed by atoms with Gasteiger partial charge in [-0.2, -0.15) is 0 Å². The van der Waals surface area contributed by atoms with E-state index in [4.69, 9.17) is 0 Å². The van der Waals surface area contributed by atoms with E-state index in [2.05, 4.69) is 182 Å². The van der Waals surface area contributed by atoms with Crippen molar-refractivity contribution in [3.63, 3.8) is 0 Å². The third kappa shape index (κ3) is 4.20. The fourth-order valence-electron chi connectivity index (χ4n) is 8.16. The number of hydrogen-bond acceptors (Lipinski definition) is 1. The molecule has 0 spiro atoms. The SMILES string of the molecule is Cc1ccc(N(c2ccc3cc4c(cc3c2)-c2cc3cc(-n5c6ccccc6c6ccccc65)ccc3cc2-4)c2ccccc2C)c(C)c1. The van der Waals surface area contributed by atoms with Crippen LogP contribution in [0.5, 0.6) is 0 Å². The quantitative estimate of drug-likeness (QED) is 0.189. The maximum Gasteiger partial charge on any atom is 0.0541 e. The molecule has 0 unspecified atom stereocenters. The van der Waals surface area contributed by atoms with Crippen LogP contribution in [-0.2, 0) is 0 Å². The van der Waals surface area contributed by atoms with Gasteiger partial charge in [0.2, 0.25) is 0 Å². The maximum absolute atomic E-state index is 2.42. The van der Waals surface area contributed by atoms with E-state index in [1.54, 1.807) is 0 Å². The number of nitrogens with zero attached hydrogens (tertiary/aromatic N) is 2. The molecular formula is C47H34N2. The molecule has 0 saturated heterocycles. The molecule has 0 fully saturated rings. The monoisotopic (exact) mass is 626 g/mol. The van der Waals surface area contributed by atoms with Crippen LogP contribution in [-0.4, -0.2) is 4.57 Å². The largest absolute Gasteiger partial charge is 0.310 e. The number of para-hydroxylation sites is 3. The summed E-state index contributed by atoms with van der Waals surface area (Å²) in [7, 11) is 0. The van der Waals surface area contributed by atoms with Gasteiger partial charge in [-0.3, -0.25) is 0 Å². The maximum atomic E-state index is 2.42. The minimum Gasteiger partial charge on any atom is -0.310 e. The summed E-state index contributed by atoms with van der Waals surface area (Å²) in [5.41, 5.74) is 16.4. The summed E-state index contributed by atoms with van der Waals surface area (Å²) >= 11 is 0. The highest BCUT2D eigenvalue weighted by molar-refractivity contribution is 6.13. The Hall–Kier alpha value is -6.12. The van der Waals surface area contributed by atoms with Crippen molar-refractivity contribution in [2.24, 2.45) is 0 Å². The lowest BCUT2D eigenvalue weighted by atomic mass is 9.78. The van der Waals surface area contributed by atoms with Gasteiger partial charge in [-0.25, -0.2) is 0 Å². The van der Waals surface area contributed by atoms with E-state index < -0.39 is 0 Å². The van der Waals surface area contributed by atoms with Crippen LogP contribution in [0.15, 0.2) is 152 Å². The highest BCUT2D eigenvalue weighted by Crippen LogP contribution is 2.51. The number of hydrogen-bond donors (Lipinski definition) is 0. The van der Waals surface area contributed by atoms with Crippen molar-refractivity contribution < 1.29 is 0 Å². The average molecular weight is 627 g/mol. The van der Waals surface area contributed by atoms with Gasteiger partial charge in [-0.05, 0) is 148 Å². The summed E-state index contributed by atoms with van der Waals surface area (Å²) in [6.45, 7) is 6.57. The first-order valence-electron chi connectivity index (χ1n) is 17.1. The summed E-state index contributed by atoms with van der Waals surface area (Å²) in [5, 5.41) is 7.62. The second-order valence-corrected chi connectivity index (χ2v) is 13.6. The summed E-state index contributed by atoms with van der Waals surface area (Å²) < 4.78 is 2.41. The Balaban J connectivity index is 1.10. The Morgan fingerprint density at radius 1 is 0.408 bits per heavy atom. The fourth-order valence-corrected chi connectivity index (χ4v) is 8.16. The first-order chi connectivity index (χ1) is 24.0. The zero-order valence-corrected chi connectivity index (χ0v) is 27.8. The Labute approximate surface area is 286 Å². The molecule has 2 heteroatoms. The zero-order chi connectivity index (χ0) is 32.8. The highest BCUT2D eigenvalue weighted by atomic mass is 15.1. The summed E-state index contributed by atoms with van der Waals surface area (Å²) in [6.07, 6.45) is 0. The van der Waals surface area contributed by atoms with E-state index in [0.29, 0.717) is 0 Å². The number of anilines is 3. The standard InChI is InChI=1S/C47H34N2/c1-29-16-21-45(31(3)22-29)48(44-13-7-4-10-30(44)2)36-19-17-32-25-40-41-26-33-18-20-37(24-35(33)28-43(41)42(40)27-34(32)23-36)49-46-14-8-5-11-38(46)39-12-6-9-15-47(39)49/h4-28H,1-3H3. The van der Waals surface area contributed by atoms with Crippen LogP contribution < -0.4 is 4.90 Å². The molecule has 10 rings (SSSR count). The molecule has 8 aromatic carbocycles. The first-order valence-corrected chi connectivity index (χ1v) is 17.1. The summed E-state index contributed by atoms with van der Waals surface area (Å²) in [4.78, 5) is 2.42. The van der Waals surface area contributed by atoms with E-state index in [1.807, 2.05) is 0 Å². The van der Waals surface area contributed by atoms with Gasteiger partial charge in [0.05, 0.1) is 11.0 Å². The normalized spacial score (nSPS) is 12.0. The van der Waals surface area contributed by atoms with Crippen LogP contribution >= 0.6 is 0 Å². The first kappa shape index (κ1) is 27.9. The molecule has 0 N–H and O–H groups in total. The molecule has 0 atom stereocenters. The van der Waals surface area contributed by atoms with Gasteiger partial charge in [-0.1, -0.05) is 84.4 Å². The highest BCUT2D eigenvalue weighted by Gasteiger charge is 2.25. The molecule has 0 aliphatic heterocycles. The minimum atomic E-state index is 1.17. The molecule has 0 radical (unpaired) electrons. The lowest BCUT2D eigenvalue weighted by Gasteiger charge is -2.29. The number of rotatable bonds is 4. The number of aryl methyl sites for hydroxylation is 3. The third-order valence-corrected chi connectivity index (χ3v) is 10.5. The number of benzene rings is 8. The van der Waals surface area contributed by atoms with E-state index >= 15 is 0 Å². The lowest BCUT2D eigenvalue weighted by Crippen LogP contribution is -2.12. The van der Waals surface area contributed by atoms with Gasteiger partial charge in [0.15, 0.2) is 0 Å². The molecule has 49 heavy (non-hydrogen) atoms. The third-order valence-electron chi connectivity index (χ3n) is 10.5. The van der Waals surface area contributed by atoms with Crippen LogP contribution in [0.4, 0.5) is 17.1 Å². The van der Waals surface area contributed by atoms with E-state index in [-0.39, 0.29) is 0 Å². The summed E-state index contributed by atoms with van der Waals surface area (Å²) in [5.74, 6) is 0. The fraction of sp³-hybridized carbons (Fsp3) is 0.0638. The van der Waals surface area contributed by atoms with Crippen LogP contribution in [0, 0.1) is 20.8 Å². The molecule has 0 bridgehead atoms. The molecule has 1 aliphatic rings. The van der Waals surface area contributed by atoms with Crippen molar-refractivity contribution in [2.45, 2.75) is 20.8 Å². The smallest absolute Gasteiger partial charge is 0.0541 e. The van der Waals surface area contributed by atoms with Gasteiger partial charge < -0.3 is 9.47 Å². The second kappa shape index (κ2) is 10.4. The molecule has 1 aliphatic carbocycles. The van der Waals surface area contributed by atoms with E-state index in [0.717, 1.165) is 0 Å². The second-order valence-electron chi connectivity index (χ2n) is 13.6. The molecule has 9 aromatic rings. The molecule has 232 valence electrons. The molecule has 0 amide bonds. The van der Waals surface area contributed by atoms with Crippen molar-refractivity contribution in [1.29, 1.82) is 0 Å². The van der Waals surface area contributed by atoms with E-state index in [1.165, 1.54) is 105 Å². The van der Waals surface area contributed by atoms with Gasteiger partial charge in [0.1, 0.15) is 0 Å². The number of aromatic nitrogens is 1. The predicted molar refractivity (Wildman–Crippen MR) is 209 cm³/mol. The Morgan fingerprint density at radius 2 is 0.959 bits per heavy atom. The predicted octanol–water partition coefficient (Wildman–Crippen LogP) is 13.1. The van der Waals surface area contributed by atoms with Gasteiger partial charge in [0, 0.05) is 33.5 Å². The van der Waals surface area contributed by atoms with Crippen molar-refractivity contribution in [3.05, 3.63) is 168 Å². The molecule has 1 heterocycles. The van der Waals surface area contributed by atoms with Gasteiger partial charge in [-0.15, -0.1) is 0 Å². The van der Waals surface area contributed by atoms with Crippen molar-refractivity contribution in [1.82, 2.24) is 4.57 Å². The molecule has 1 aromatic heterocycles. The molecular weight excluding hydrogens is 593 g/mol. The van der Waals surface area contributed by atoms with Crippen LogP contribution in [0.25, 0.3) is 71.3 Å². The Bertz CT molecular complexity index is 2760.